The molecule has 53 heavy (non-hydrogen) atoms. The molecule has 5 atom stereocenters. The standard InChI is InChI=1S/C41H51N3O8S/c1-4-29-22-41(29,39(48)43-53(49,50)31-14-15-31)23-35(45)34-20-30-24-44(34)38(47)33(27-10-6-5-7-11-27)21-36(46)51-25-40(2,3)17-8-9-26-12-13-28-16-18-42-37(52-30)32(28)19-26/h4,8-9,12-13,16,18-19,27,29-31,33-34H,1,5-7,10-11,14-15,17,20-25H2,2-3H3,(H,43,48)/b9-8+/t29-,30+,33-,34-,41+/m0/s1. The molecule has 2 aliphatic heterocycles. The molecule has 2 amide bonds. The summed E-state index contributed by atoms with van der Waals surface area (Å²) in [7, 11) is -3.84. The molecular weight excluding hydrogens is 695 g/mol. The number of ketones is 1. The third kappa shape index (κ3) is 8.07. The highest BCUT2D eigenvalue weighted by atomic mass is 32.2. The first-order chi connectivity index (χ1) is 25.3. The summed E-state index contributed by atoms with van der Waals surface area (Å²) < 4.78 is 40.2. The lowest BCUT2D eigenvalue weighted by molar-refractivity contribution is -0.154. The molecule has 4 bridgehead atoms. The van der Waals surface area contributed by atoms with Crippen molar-refractivity contribution < 1.29 is 37.1 Å². The van der Waals surface area contributed by atoms with E-state index in [0.29, 0.717) is 31.6 Å². The van der Waals surface area contributed by atoms with Crippen LogP contribution in [0.5, 0.6) is 5.88 Å². The number of benzene rings is 1. The molecule has 3 saturated carbocycles. The van der Waals surface area contributed by atoms with Gasteiger partial charge in [0.15, 0.2) is 5.78 Å². The summed E-state index contributed by atoms with van der Waals surface area (Å²) >= 11 is 0. The number of ether oxygens (including phenoxy) is 2. The van der Waals surface area contributed by atoms with E-state index in [1.54, 1.807) is 17.2 Å². The Morgan fingerprint density at radius 2 is 1.87 bits per heavy atom. The molecule has 4 fully saturated rings. The van der Waals surface area contributed by atoms with Crippen molar-refractivity contribution in [3.05, 3.63) is 54.8 Å². The maximum Gasteiger partial charge on any atom is 0.306 e. The van der Waals surface area contributed by atoms with Crippen LogP contribution in [-0.2, 0) is 33.9 Å². The molecule has 1 aromatic heterocycles. The number of hydrogen-bond donors (Lipinski definition) is 1. The van der Waals surface area contributed by atoms with Crippen LogP contribution in [0.1, 0.15) is 96.5 Å². The number of hydrogen-bond acceptors (Lipinski definition) is 9. The van der Waals surface area contributed by atoms with Gasteiger partial charge in [0.25, 0.3) is 0 Å². The van der Waals surface area contributed by atoms with E-state index in [9.17, 15) is 27.6 Å². The SMILES string of the molecule is C=C[C@H]1C[C@]1(CC(=O)[C@@H]1C[C@@H]2CN1C(=O)[C@H](C1CCCCC1)CC(=O)OCC(C)(C)C/C=C/c1ccc3ccnc(c3c1)O2)C(=O)NS(=O)(=O)C1CC1. The number of fused-ring (bicyclic) bond motifs is 3. The lowest BCUT2D eigenvalue weighted by atomic mass is 9.77. The molecule has 3 aliphatic carbocycles. The molecule has 5 aliphatic rings. The predicted octanol–water partition coefficient (Wildman–Crippen LogP) is 5.92. The first-order valence-electron chi connectivity index (χ1n) is 19.2. The van der Waals surface area contributed by atoms with E-state index in [1.807, 2.05) is 44.2 Å². The van der Waals surface area contributed by atoms with E-state index < -0.39 is 50.6 Å². The second kappa shape index (κ2) is 14.6. The van der Waals surface area contributed by atoms with Gasteiger partial charge in [0.1, 0.15) is 6.10 Å². The molecule has 0 radical (unpaired) electrons. The van der Waals surface area contributed by atoms with Gasteiger partial charge in [-0.1, -0.05) is 63.5 Å². The van der Waals surface area contributed by atoms with Crippen molar-refractivity contribution in [3.8, 4) is 5.88 Å². The molecule has 284 valence electrons. The Balaban J connectivity index is 1.23. The number of nitrogens with one attached hydrogen (secondary N) is 1. The maximum absolute atomic E-state index is 14.8. The minimum absolute atomic E-state index is 0.0439. The number of carbonyl (C=O) groups excluding carboxylic acids is 4. The minimum Gasteiger partial charge on any atom is -0.472 e. The molecule has 1 aromatic carbocycles. The van der Waals surface area contributed by atoms with Crippen molar-refractivity contribution in [3.63, 3.8) is 0 Å². The zero-order valence-corrected chi connectivity index (χ0v) is 31.6. The van der Waals surface area contributed by atoms with Crippen LogP contribution >= 0.6 is 0 Å². The zero-order chi connectivity index (χ0) is 37.5. The van der Waals surface area contributed by atoms with Crippen molar-refractivity contribution in [2.24, 2.45) is 28.6 Å². The fourth-order valence-electron chi connectivity index (χ4n) is 8.55. The highest BCUT2D eigenvalue weighted by Crippen LogP contribution is 2.57. The van der Waals surface area contributed by atoms with E-state index in [4.69, 9.17) is 9.47 Å². The topological polar surface area (TPSA) is 149 Å². The molecule has 1 saturated heterocycles. The number of esters is 1. The summed E-state index contributed by atoms with van der Waals surface area (Å²) in [5.74, 6) is -2.48. The predicted molar refractivity (Wildman–Crippen MR) is 200 cm³/mol. The smallest absolute Gasteiger partial charge is 0.306 e. The monoisotopic (exact) mass is 745 g/mol. The first-order valence-corrected chi connectivity index (χ1v) is 20.7. The van der Waals surface area contributed by atoms with E-state index in [0.717, 1.165) is 48.4 Å². The van der Waals surface area contributed by atoms with Crippen molar-refractivity contribution in [2.75, 3.05) is 13.2 Å². The second-order valence-electron chi connectivity index (χ2n) is 16.7. The molecular formula is C41H51N3O8S. The minimum atomic E-state index is -3.84. The van der Waals surface area contributed by atoms with Crippen LogP contribution in [-0.4, -0.2) is 72.4 Å². The lowest BCUT2D eigenvalue weighted by Gasteiger charge is -2.34. The third-order valence-corrected chi connectivity index (χ3v) is 13.9. The number of pyridine rings is 1. The van der Waals surface area contributed by atoms with Crippen molar-refractivity contribution >= 4 is 50.4 Å². The van der Waals surface area contributed by atoms with Gasteiger partial charge in [-0.2, -0.15) is 0 Å². The largest absolute Gasteiger partial charge is 0.472 e. The molecule has 7 rings (SSSR count). The van der Waals surface area contributed by atoms with Crippen molar-refractivity contribution in [1.82, 2.24) is 14.6 Å². The van der Waals surface area contributed by atoms with E-state index in [-0.39, 0.29) is 61.4 Å². The van der Waals surface area contributed by atoms with Crippen molar-refractivity contribution in [1.29, 1.82) is 0 Å². The number of aromatic nitrogens is 1. The molecule has 3 heterocycles. The summed E-state index contributed by atoms with van der Waals surface area (Å²) in [6.07, 6.45) is 13.1. The van der Waals surface area contributed by atoms with Crippen LogP contribution in [0, 0.1) is 28.6 Å². The van der Waals surface area contributed by atoms with Gasteiger partial charge >= 0.3 is 5.97 Å². The second-order valence-corrected chi connectivity index (χ2v) is 18.7. The molecule has 0 spiro atoms. The summed E-state index contributed by atoms with van der Waals surface area (Å²) in [4.78, 5) is 62.6. The van der Waals surface area contributed by atoms with Crippen LogP contribution in [0.15, 0.2) is 49.2 Å². The quantitative estimate of drug-likeness (QED) is 0.257. The van der Waals surface area contributed by atoms with Gasteiger partial charge < -0.3 is 14.4 Å². The van der Waals surface area contributed by atoms with Crippen molar-refractivity contribution in [2.45, 2.75) is 108 Å². The van der Waals surface area contributed by atoms with E-state index >= 15 is 0 Å². The molecule has 0 unspecified atom stereocenters. The first kappa shape index (κ1) is 37.3. The summed E-state index contributed by atoms with van der Waals surface area (Å²) in [6.45, 7) is 8.21. The lowest BCUT2D eigenvalue weighted by Crippen LogP contribution is -2.48. The van der Waals surface area contributed by atoms with Gasteiger partial charge in [0.05, 0.1) is 42.2 Å². The van der Waals surface area contributed by atoms with Crippen LogP contribution < -0.4 is 9.46 Å². The Kier molecular flexibility index (Phi) is 10.3. The molecule has 12 heteroatoms. The van der Waals surface area contributed by atoms with Gasteiger partial charge in [-0.15, -0.1) is 6.58 Å². The number of allylic oxidation sites excluding steroid dienone is 2. The van der Waals surface area contributed by atoms with E-state index in [1.165, 1.54) is 0 Å². The number of nitrogens with zero attached hydrogens (tertiary/aromatic N) is 2. The molecule has 2 aromatic rings. The Hall–Kier alpha value is -4.06. The fourth-order valence-corrected chi connectivity index (χ4v) is 9.93. The summed E-state index contributed by atoms with van der Waals surface area (Å²) in [5.41, 5.74) is -0.661. The number of sulfonamides is 1. The Morgan fingerprint density at radius 3 is 2.58 bits per heavy atom. The van der Waals surface area contributed by atoms with Crippen LogP contribution in [0.25, 0.3) is 16.8 Å². The fraction of sp³-hybridized carbons (Fsp3) is 0.585. The number of cyclic esters (lactones) is 1. The van der Waals surface area contributed by atoms with Gasteiger partial charge in [-0.05, 0) is 73.4 Å². The van der Waals surface area contributed by atoms with Gasteiger partial charge in [0, 0.05) is 29.8 Å². The average molecular weight is 746 g/mol. The molecule has 1 N–H and O–H groups in total. The summed E-state index contributed by atoms with van der Waals surface area (Å²) in [5, 5.41) is 1.14. The number of amides is 2. The maximum atomic E-state index is 14.8. The Morgan fingerprint density at radius 1 is 1.09 bits per heavy atom. The Bertz CT molecular complexity index is 1930. The molecule has 11 nitrogen and oxygen atoms in total. The third-order valence-electron chi connectivity index (χ3n) is 12.0. The normalized spacial score (nSPS) is 30.1. The van der Waals surface area contributed by atoms with Gasteiger partial charge in [0.2, 0.25) is 27.7 Å². The van der Waals surface area contributed by atoms with E-state index in [2.05, 4.69) is 22.4 Å². The Labute approximate surface area is 312 Å². The highest BCUT2D eigenvalue weighted by molar-refractivity contribution is 7.90. The van der Waals surface area contributed by atoms with Gasteiger partial charge in [-0.3, -0.25) is 23.9 Å². The number of rotatable bonds is 8. The zero-order valence-electron chi connectivity index (χ0n) is 30.8. The summed E-state index contributed by atoms with van der Waals surface area (Å²) in [6, 6.07) is 6.98. The number of Topliss-reactive ketones (excluding diaryl/α,β-unsaturated/α-hetero) is 1. The highest BCUT2D eigenvalue weighted by Gasteiger charge is 2.61. The van der Waals surface area contributed by atoms with Crippen LogP contribution in [0.2, 0.25) is 0 Å². The average Bonchev–Trinajstić information content (AvgIpc) is 4.06. The van der Waals surface area contributed by atoms with Crippen LogP contribution in [0.4, 0.5) is 0 Å². The van der Waals surface area contributed by atoms with Crippen LogP contribution in [0.3, 0.4) is 0 Å². The van der Waals surface area contributed by atoms with Gasteiger partial charge in [-0.25, -0.2) is 13.4 Å². The number of carbonyl (C=O) groups is 4.